The molecule has 0 saturated heterocycles. The number of aromatic nitrogens is 1. The minimum Gasteiger partial charge on any atom is -0.488 e. The van der Waals surface area contributed by atoms with Gasteiger partial charge in [-0.2, -0.15) is 0 Å². The lowest BCUT2D eigenvalue weighted by Gasteiger charge is -2.11. The molecule has 3 nitrogen and oxygen atoms in total. The van der Waals surface area contributed by atoms with E-state index in [1.807, 2.05) is 26.2 Å². The number of nitrogens with one attached hydrogen (secondary N) is 1. The molecule has 0 aliphatic heterocycles. The van der Waals surface area contributed by atoms with E-state index in [1.165, 1.54) is 11.1 Å². The Morgan fingerprint density at radius 1 is 1.33 bits per heavy atom. The summed E-state index contributed by atoms with van der Waals surface area (Å²) in [5, 5.41) is 4.24. The van der Waals surface area contributed by atoms with Crippen LogP contribution in [0.2, 0.25) is 0 Å². The Kier molecular flexibility index (Phi) is 4.33. The summed E-state index contributed by atoms with van der Waals surface area (Å²) in [6.07, 6.45) is 1.88. The van der Waals surface area contributed by atoms with Crippen LogP contribution < -0.4 is 10.1 Å². The van der Waals surface area contributed by atoms with E-state index >= 15 is 0 Å². The van der Waals surface area contributed by atoms with Crippen LogP contribution in [0, 0.1) is 13.8 Å². The Morgan fingerprint density at radius 2 is 2.17 bits per heavy atom. The van der Waals surface area contributed by atoms with E-state index in [1.54, 1.807) is 11.3 Å². The van der Waals surface area contributed by atoms with Crippen molar-refractivity contribution in [3.8, 4) is 5.75 Å². The maximum absolute atomic E-state index is 5.87. The van der Waals surface area contributed by atoms with Gasteiger partial charge in [0, 0.05) is 18.3 Å². The molecular weight excluding hydrogens is 244 g/mol. The Labute approximate surface area is 112 Å². The topological polar surface area (TPSA) is 34.1 Å². The van der Waals surface area contributed by atoms with Gasteiger partial charge in [0.25, 0.3) is 0 Å². The van der Waals surface area contributed by atoms with Gasteiger partial charge >= 0.3 is 0 Å². The second kappa shape index (κ2) is 5.98. The van der Waals surface area contributed by atoms with E-state index < -0.39 is 0 Å². The molecule has 0 fully saturated rings. The summed E-state index contributed by atoms with van der Waals surface area (Å²) in [6.45, 7) is 5.51. The van der Waals surface area contributed by atoms with Crippen LogP contribution in [0.3, 0.4) is 0 Å². The first-order chi connectivity index (χ1) is 8.69. The molecule has 96 valence electrons. The zero-order valence-electron chi connectivity index (χ0n) is 11.0. The van der Waals surface area contributed by atoms with Gasteiger partial charge in [-0.25, -0.2) is 4.98 Å². The SMILES string of the molecule is CNCc1cc(C)ccc1OCc1cnc(C)s1. The van der Waals surface area contributed by atoms with Crippen molar-refractivity contribution in [2.45, 2.75) is 27.0 Å². The monoisotopic (exact) mass is 262 g/mol. The van der Waals surface area contributed by atoms with E-state index in [9.17, 15) is 0 Å². The first kappa shape index (κ1) is 13.1. The highest BCUT2D eigenvalue weighted by Crippen LogP contribution is 2.22. The fourth-order valence-corrected chi connectivity index (χ4v) is 2.51. The summed E-state index contributed by atoms with van der Waals surface area (Å²) in [6, 6.07) is 6.27. The summed E-state index contributed by atoms with van der Waals surface area (Å²) in [4.78, 5) is 5.38. The Hall–Kier alpha value is -1.39. The summed E-state index contributed by atoms with van der Waals surface area (Å²) >= 11 is 1.68. The number of hydrogen-bond acceptors (Lipinski definition) is 4. The van der Waals surface area contributed by atoms with Crippen LogP contribution >= 0.6 is 11.3 Å². The van der Waals surface area contributed by atoms with Crippen LogP contribution in [0.1, 0.15) is 21.0 Å². The van der Waals surface area contributed by atoms with E-state index in [2.05, 4.69) is 29.4 Å². The minimum atomic E-state index is 0.589. The van der Waals surface area contributed by atoms with Crippen LogP contribution in [-0.2, 0) is 13.2 Å². The van der Waals surface area contributed by atoms with Gasteiger partial charge in [-0.15, -0.1) is 11.3 Å². The molecule has 0 amide bonds. The molecule has 0 atom stereocenters. The highest BCUT2D eigenvalue weighted by Gasteiger charge is 2.05. The molecule has 0 aliphatic carbocycles. The Morgan fingerprint density at radius 3 is 2.83 bits per heavy atom. The number of hydrogen-bond donors (Lipinski definition) is 1. The van der Waals surface area contributed by atoms with E-state index in [0.29, 0.717) is 6.61 Å². The highest BCUT2D eigenvalue weighted by atomic mass is 32.1. The molecular formula is C14H18N2OS. The van der Waals surface area contributed by atoms with Crippen molar-refractivity contribution in [3.63, 3.8) is 0 Å². The standard InChI is InChI=1S/C14H18N2OS/c1-10-4-5-14(12(6-10)7-15-3)17-9-13-8-16-11(2)18-13/h4-6,8,15H,7,9H2,1-3H3. The van der Waals surface area contributed by atoms with Gasteiger partial charge in [0.05, 0.1) is 9.88 Å². The molecule has 0 bridgehead atoms. The van der Waals surface area contributed by atoms with E-state index in [-0.39, 0.29) is 0 Å². The second-order valence-electron chi connectivity index (χ2n) is 4.28. The first-order valence-electron chi connectivity index (χ1n) is 5.97. The van der Waals surface area contributed by atoms with Crippen LogP contribution in [0.5, 0.6) is 5.75 Å². The highest BCUT2D eigenvalue weighted by molar-refractivity contribution is 7.11. The zero-order valence-corrected chi connectivity index (χ0v) is 11.8. The van der Waals surface area contributed by atoms with Crippen molar-refractivity contribution >= 4 is 11.3 Å². The van der Waals surface area contributed by atoms with E-state index in [4.69, 9.17) is 4.74 Å². The van der Waals surface area contributed by atoms with Gasteiger partial charge < -0.3 is 10.1 Å². The summed E-state index contributed by atoms with van der Waals surface area (Å²) in [7, 11) is 1.94. The lowest BCUT2D eigenvalue weighted by molar-refractivity contribution is 0.305. The molecule has 0 aliphatic rings. The third-order valence-electron chi connectivity index (χ3n) is 2.62. The fraction of sp³-hybridized carbons (Fsp3) is 0.357. The molecule has 4 heteroatoms. The molecule has 18 heavy (non-hydrogen) atoms. The third kappa shape index (κ3) is 3.31. The fourth-order valence-electron chi connectivity index (χ4n) is 1.80. The normalized spacial score (nSPS) is 10.6. The first-order valence-corrected chi connectivity index (χ1v) is 6.79. The van der Waals surface area contributed by atoms with Crippen molar-refractivity contribution < 1.29 is 4.74 Å². The molecule has 2 aromatic rings. The molecule has 1 N–H and O–H groups in total. The van der Waals surface area contributed by atoms with Gasteiger partial charge in [0.2, 0.25) is 0 Å². The predicted octanol–water partition coefficient (Wildman–Crippen LogP) is 3.06. The number of benzene rings is 1. The van der Waals surface area contributed by atoms with Crippen LogP contribution in [0.15, 0.2) is 24.4 Å². The molecule has 1 aromatic carbocycles. The van der Waals surface area contributed by atoms with Crippen molar-refractivity contribution in [1.82, 2.24) is 10.3 Å². The molecule has 0 unspecified atom stereocenters. The summed E-state index contributed by atoms with van der Waals surface area (Å²) in [5.41, 5.74) is 2.44. The number of thiazole rings is 1. The van der Waals surface area contributed by atoms with Crippen molar-refractivity contribution in [1.29, 1.82) is 0 Å². The summed E-state index contributed by atoms with van der Waals surface area (Å²) < 4.78 is 5.87. The number of ether oxygens (including phenoxy) is 1. The lowest BCUT2D eigenvalue weighted by atomic mass is 10.1. The molecule has 0 saturated carbocycles. The van der Waals surface area contributed by atoms with Gasteiger partial charge in [0.15, 0.2) is 0 Å². The minimum absolute atomic E-state index is 0.589. The molecule has 1 aromatic heterocycles. The third-order valence-corrected chi connectivity index (χ3v) is 3.51. The lowest BCUT2D eigenvalue weighted by Crippen LogP contribution is -2.07. The molecule has 2 rings (SSSR count). The number of nitrogens with zero attached hydrogens (tertiary/aromatic N) is 1. The van der Waals surface area contributed by atoms with Gasteiger partial charge in [-0.05, 0) is 27.0 Å². The summed E-state index contributed by atoms with van der Waals surface area (Å²) in [5.74, 6) is 0.945. The van der Waals surface area contributed by atoms with E-state index in [0.717, 1.165) is 22.2 Å². The zero-order chi connectivity index (χ0) is 13.0. The van der Waals surface area contributed by atoms with Crippen LogP contribution in [0.25, 0.3) is 0 Å². The maximum Gasteiger partial charge on any atom is 0.124 e. The maximum atomic E-state index is 5.87. The molecule has 1 heterocycles. The Balaban J connectivity index is 2.08. The van der Waals surface area contributed by atoms with Gasteiger partial charge in [-0.3, -0.25) is 0 Å². The largest absolute Gasteiger partial charge is 0.488 e. The van der Waals surface area contributed by atoms with Crippen molar-refractivity contribution in [3.05, 3.63) is 45.4 Å². The predicted molar refractivity (Wildman–Crippen MR) is 75.1 cm³/mol. The van der Waals surface area contributed by atoms with Crippen LogP contribution in [-0.4, -0.2) is 12.0 Å². The van der Waals surface area contributed by atoms with Gasteiger partial charge in [-0.1, -0.05) is 17.7 Å². The average Bonchev–Trinajstić information content (AvgIpc) is 2.75. The smallest absolute Gasteiger partial charge is 0.124 e. The average molecular weight is 262 g/mol. The van der Waals surface area contributed by atoms with Crippen molar-refractivity contribution in [2.24, 2.45) is 0 Å². The molecule has 0 radical (unpaired) electrons. The van der Waals surface area contributed by atoms with Crippen molar-refractivity contribution in [2.75, 3.05) is 7.05 Å². The second-order valence-corrected chi connectivity index (χ2v) is 5.60. The number of rotatable bonds is 5. The van der Waals surface area contributed by atoms with Gasteiger partial charge in [0.1, 0.15) is 12.4 Å². The van der Waals surface area contributed by atoms with Crippen LogP contribution in [0.4, 0.5) is 0 Å². The number of aryl methyl sites for hydroxylation is 2. The quantitative estimate of drug-likeness (QED) is 0.899. The molecule has 0 spiro atoms. The Bertz CT molecular complexity index is 522.